The van der Waals surface area contributed by atoms with Crippen molar-refractivity contribution in [3.8, 4) is 0 Å². The molecule has 1 atom stereocenters. The van der Waals surface area contributed by atoms with Gasteiger partial charge in [0.25, 0.3) is 0 Å². The number of carbonyl (C=O) groups excluding carboxylic acids is 2. The van der Waals surface area contributed by atoms with Crippen molar-refractivity contribution in [2.24, 2.45) is 0 Å². The summed E-state index contributed by atoms with van der Waals surface area (Å²) in [4.78, 5) is 35.6. The van der Waals surface area contributed by atoms with Gasteiger partial charge in [0.15, 0.2) is 0 Å². The normalized spacial score (nSPS) is 19.1. The summed E-state index contributed by atoms with van der Waals surface area (Å²) in [5.74, 6) is -1.36. The van der Waals surface area contributed by atoms with Crippen LogP contribution in [0.2, 0.25) is 0 Å². The zero-order valence-corrected chi connectivity index (χ0v) is 11.5. The molecule has 7 heteroatoms. The van der Waals surface area contributed by atoms with E-state index in [-0.39, 0.29) is 18.0 Å². The van der Waals surface area contributed by atoms with E-state index in [4.69, 9.17) is 5.11 Å². The quantitative estimate of drug-likeness (QED) is 0.681. The van der Waals surface area contributed by atoms with E-state index in [1.54, 1.807) is 0 Å². The van der Waals surface area contributed by atoms with Crippen LogP contribution in [0.5, 0.6) is 0 Å². The van der Waals surface area contributed by atoms with Crippen LogP contribution in [0.4, 0.5) is 4.79 Å². The van der Waals surface area contributed by atoms with Crippen molar-refractivity contribution in [1.29, 1.82) is 0 Å². The lowest BCUT2D eigenvalue weighted by Gasteiger charge is -2.23. The number of urea groups is 1. The minimum absolute atomic E-state index is 0.189. The summed E-state index contributed by atoms with van der Waals surface area (Å²) < 4.78 is 0. The van der Waals surface area contributed by atoms with Crippen LogP contribution < -0.4 is 10.6 Å². The van der Waals surface area contributed by atoms with E-state index in [1.807, 2.05) is 20.8 Å². The van der Waals surface area contributed by atoms with Gasteiger partial charge in [0, 0.05) is 12.1 Å². The van der Waals surface area contributed by atoms with Crippen LogP contribution in [0.3, 0.4) is 0 Å². The van der Waals surface area contributed by atoms with Crippen molar-refractivity contribution in [2.45, 2.75) is 45.2 Å². The van der Waals surface area contributed by atoms with Gasteiger partial charge in [0.05, 0.1) is 6.54 Å². The van der Waals surface area contributed by atoms with E-state index >= 15 is 0 Å². The maximum Gasteiger partial charge on any atom is 0.326 e. The lowest BCUT2D eigenvalue weighted by atomic mass is 10.1. The van der Waals surface area contributed by atoms with Crippen LogP contribution in [0.25, 0.3) is 0 Å². The second-order valence-corrected chi connectivity index (χ2v) is 5.64. The molecule has 0 spiro atoms. The molecule has 3 amide bonds. The molecule has 1 saturated heterocycles. The van der Waals surface area contributed by atoms with Crippen molar-refractivity contribution in [2.75, 3.05) is 13.1 Å². The molecule has 0 saturated carbocycles. The third-order valence-electron chi connectivity index (χ3n) is 2.75. The minimum Gasteiger partial charge on any atom is -0.480 e. The summed E-state index contributed by atoms with van der Waals surface area (Å²) in [5, 5.41) is 14.1. The average molecular weight is 271 g/mol. The van der Waals surface area contributed by atoms with Gasteiger partial charge in [-0.1, -0.05) is 0 Å². The Morgan fingerprint density at radius 2 is 1.95 bits per heavy atom. The summed E-state index contributed by atoms with van der Waals surface area (Å²) >= 11 is 0. The highest BCUT2D eigenvalue weighted by Crippen LogP contribution is 2.17. The second-order valence-electron chi connectivity index (χ2n) is 5.64. The molecule has 1 fully saturated rings. The molecule has 0 unspecified atom stereocenters. The number of hydrogen-bond acceptors (Lipinski definition) is 3. The van der Waals surface area contributed by atoms with Crippen LogP contribution in [-0.4, -0.2) is 52.6 Å². The predicted molar refractivity (Wildman–Crippen MR) is 68.7 cm³/mol. The van der Waals surface area contributed by atoms with Gasteiger partial charge in [-0.15, -0.1) is 0 Å². The van der Waals surface area contributed by atoms with Gasteiger partial charge in [-0.2, -0.15) is 0 Å². The largest absolute Gasteiger partial charge is 0.480 e. The summed E-state index contributed by atoms with van der Waals surface area (Å²) in [7, 11) is 0. The predicted octanol–water partition coefficient (Wildman–Crippen LogP) is 0.160. The van der Waals surface area contributed by atoms with Crippen LogP contribution in [0.1, 0.15) is 33.6 Å². The Hall–Kier alpha value is -1.79. The van der Waals surface area contributed by atoms with E-state index in [1.165, 1.54) is 4.90 Å². The van der Waals surface area contributed by atoms with Crippen molar-refractivity contribution in [3.63, 3.8) is 0 Å². The molecule has 0 aliphatic carbocycles. The summed E-state index contributed by atoms with van der Waals surface area (Å²) in [6.45, 7) is 5.73. The fourth-order valence-corrected chi connectivity index (χ4v) is 1.96. The molecule has 0 bridgehead atoms. The molecule has 0 aromatic heterocycles. The Morgan fingerprint density at radius 1 is 1.32 bits per heavy atom. The molecule has 1 aliphatic rings. The highest BCUT2D eigenvalue weighted by molar-refractivity contribution is 5.88. The first-order chi connectivity index (χ1) is 8.70. The number of hydrogen-bond donors (Lipinski definition) is 3. The number of carboxylic acid groups (broad SMARTS) is 1. The lowest BCUT2D eigenvalue weighted by Crippen LogP contribution is -2.50. The minimum atomic E-state index is -0.995. The number of nitrogens with zero attached hydrogens (tertiary/aromatic N) is 1. The standard InChI is InChI=1S/C12H21N3O4/c1-12(2,3)14-11(19)13-7-9(16)15-6-4-5-8(15)10(17)18/h8H,4-7H2,1-3H3,(H,17,18)(H2,13,14,19)/t8-/m0/s1. The summed E-state index contributed by atoms with van der Waals surface area (Å²) in [6, 6.07) is -1.20. The van der Waals surface area contributed by atoms with E-state index < -0.39 is 18.0 Å². The molecule has 7 nitrogen and oxygen atoms in total. The summed E-state index contributed by atoms with van der Waals surface area (Å²) in [5.41, 5.74) is -0.385. The second kappa shape index (κ2) is 5.90. The molecule has 19 heavy (non-hydrogen) atoms. The molecule has 108 valence electrons. The lowest BCUT2D eigenvalue weighted by molar-refractivity contribution is -0.147. The van der Waals surface area contributed by atoms with E-state index in [0.29, 0.717) is 19.4 Å². The van der Waals surface area contributed by atoms with Gasteiger partial charge in [0.1, 0.15) is 6.04 Å². The van der Waals surface area contributed by atoms with Crippen molar-refractivity contribution in [3.05, 3.63) is 0 Å². The maximum atomic E-state index is 11.9. The number of carboxylic acids is 1. The van der Waals surface area contributed by atoms with E-state index in [0.717, 1.165) is 0 Å². The number of aliphatic carboxylic acids is 1. The van der Waals surface area contributed by atoms with Crippen molar-refractivity contribution >= 4 is 17.9 Å². The molecule has 0 aromatic rings. The SMILES string of the molecule is CC(C)(C)NC(=O)NCC(=O)N1CCC[C@H]1C(=O)O. The fraction of sp³-hybridized carbons (Fsp3) is 0.750. The number of amides is 3. The van der Waals surface area contributed by atoms with E-state index in [9.17, 15) is 14.4 Å². The third kappa shape index (κ3) is 4.76. The monoisotopic (exact) mass is 271 g/mol. The van der Waals surface area contributed by atoms with E-state index in [2.05, 4.69) is 10.6 Å². The first-order valence-electron chi connectivity index (χ1n) is 6.29. The number of nitrogens with one attached hydrogen (secondary N) is 2. The van der Waals surface area contributed by atoms with Crippen LogP contribution in [-0.2, 0) is 9.59 Å². The van der Waals surface area contributed by atoms with Crippen LogP contribution >= 0.6 is 0 Å². The molecule has 0 aromatic carbocycles. The highest BCUT2D eigenvalue weighted by Gasteiger charge is 2.33. The Bertz CT molecular complexity index is 376. The third-order valence-corrected chi connectivity index (χ3v) is 2.75. The smallest absolute Gasteiger partial charge is 0.326 e. The van der Waals surface area contributed by atoms with Gasteiger partial charge in [-0.05, 0) is 33.6 Å². The van der Waals surface area contributed by atoms with Crippen LogP contribution in [0, 0.1) is 0 Å². The Kier molecular flexibility index (Phi) is 4.74. The Labute approximate surface area is 112 Å². The van der Waals surface area contributed by atoms with Gasteiger partial charge < -0.3 is 20.6 Å². The molecule has 3 N–H and O–H groups in total. The molecule has 1 heterocycles. The molecule has 0 radical (unpaired) electrons. The molecule has 1 aliphatic heterocycles. The molecular formula is C12H21N3O4. The number of carbonyl (C=O) groups is 3. The first-order valence-corrected chi connectivity index (χ1v) is 6.29. The zero-order valence-electron chi connectivity index (χ0n) is 11.5. The molecule has 1 rings (SSSR count). The first kappa shape index (κ1) is 15.3. The van der Waals surface area contributed by atoms with Gasteiger partial charge >= 0.3 is 12.0 Å². The average Bonchev–Trinajstić information content (AvgIpc) is 2.72. The maximum absolute atomic E-state index is 11.9. The topological polar surface area (TPSA) is 98.7 Å². The zero-order chi connectivity index (χ0) is 14.6. The fourth-order valence-electron chi connectivity index (χ4n) is 1.96. The highest BCUT2D eigenvalue weighted by atomic mass is 16.4. The van der Waals surface area contributed by atoms with Gasteiger partial charge in [-0.3, -0.25) is 4.79 Å². The number of rotatable bonds is 3. The van der Waals surface area contributed by atoms with Crippen molar-refractivity contribution < 1.29 is 19.5 Å². The number of likely N-dealkylation sites (tertiary alicyclic amines) is 1. The van der Waals surface area contributed by atoms with Crippen molar-refractivity contribution in [1.82, 2.24) is 15.5 Å². The van der Waals surface area contributed by atoms with Gasteiger partial charge in [0.2, 0.25) is 5.91 Å². The summed E-state index contributed by atoms with van der Waals surface area (Å²) in [6.07, 6.45) is 1.14. The van der Waals surface area contributed by atoms with Gasteiger partial charge in [-0.25, -0.2) is 9.59 Å². The molecular weight excluding hydrogens is 250 g/mol. The van der Waals surface area contributed by atoms with Crippen LogP contribution in [0.15, 0.2) is 0 Å². The Morgan fingerprint density at radius 3 is 2.47 bits per heavy atom. The Balaban J connectivity index is 2.43.